The Hall–Kier alpha value is -1.76. The molecule has 1 aromatic heterocycles. The third-order valence-corrected chi connectivity index (χ3v) is 4.49. The Bertz CT molecular complexity index is 697. The number of carbonyl (C=O) groups excluding carboxylic acids is 2. The van der Waals surface area contributed by atoms with Gasteiger partial charge in [0, 0.05) is 18.5 Å². The number of nitrogens with one attached hydrogen (secondary N) is 1. The van der Waals surface area contributed by atoms with Crippen molar-refractivity contribution in [2.75, 3.05) is 5.32 Å². The maximum atomic E-state index is 12.1. The third kappa shape index (κ3) is 3.35. The summed E-state index contributed by atoms with van der Waals surface area (Å²) < 4.78 is 0. The van der Waals surface area contributed by atoms with Crippen LogP contribution in [0.15, 0.2) is 24.3 Å². The first-order valence-corrected chi connectivity index (χ1v) is 7.62. The molecule has 1 heterocycles. The van der Waals surface area contributed by atoms with Gasteiger partial charge in [-0.2, -0.15) is 0 Å². The summed E-state index contributed by atoms with van der Waals surface area (Å²) in [5.41, 5.74) is 7.86. The number of hydrogen-bond acceptors (Lipinski definition) is 5. The first-order valence-electron chi connectivity index (χ1n) is 6.80. The average molecular weight is 338 g/mol. The van der Waals surface area contributed by atoms with Gasteiger partial charge >= 0.3 is 0 Å². The average Bonchev–Trinajstić information content (AvgIpc) is 2.91. The van der Waals surface area contributed by atoms with Crippen LogP contribution in [-0.4, -0.2) is 16.7 Å². The summed E-state index contributed by atoms with van der Waals surface area (Å²) >= 11 is 1.26. The predicted octanol–water partition coefficient (Wildman–Crippen LogP) is 2.79. The number of benzene rings is 1. The van der Waals surface area contributed by atoms with Crippen molar-refractivity contribution in [1.29, 1.82) is 0 Å². The number of nitrogens with two attached hydrogens (primary N) is 1. The minimum Gasteiger partial charge on any atom is -0.326 e. The Kier molecular flexibility index (Phi) is 5.28. The van der Waals surface area contributed by atoms with Crippen LogP contribution in [-0.2, 0) is 13.0 Å². The number of hydrogen-bond donors (Lipinski definition) is 2. The normalized spacial score (nSPS) is 13.2. The molecule has 3 N–H and O–H groups in total. The van der Waals surface area contributed by atoms with Crippen LogP contribution >= 0.6 is 23.7 Å². The molecule has 116 valence electrons. The number of aromatic nitrogens is 1. The van der Waals surface area contributed by atoms with E-state index in [0.29, 0.717) is 28.5 Å². The van der Waals surface area contributed by atoms with Crippen molar-refractivity contribution in [3.8, 4) is 0 Å². The van der Waals surface area contributed by atoms with Gasteiger partial charge in [0.05, 0.1) is 10.6 Å². The largest absolute Gasteiger partial charge is 0.326 e. The molecule has 0 bridgehead atoms. The number of rotatable bonds is 3. The minimum atomic E-state index is -0.225. The van der Waals surface area contributed by atoms with Gasteiger partial charge in [0.15, 0.2) is 10.9 Å². The maximum Gasteiger partial charge on any atom is 0.257 e. The van der Waals surface area contributed by atoms with E-state index in [1.165, 1.54) is 11.3 Å². The van der Waals surface area contributed by atoms with Crippen molar-refractivity contribution in [2.45, 2.75) is 25.8 Å². The van der Waals surface area contributed by atoms with Crippen LogP contribution in [0, 0.1) is 0 Å². The second-order valence-electron chi connectivity index (χ2n) is 4.93. The fourth-order valence-corrected chi connectivity index (χ4v) is 3.26. The van der Waals surface area contributed by atoms with E-state index in [-0.39, 0.29) is 24.1 Å². The topological polar surface area (TPSA) is 85.1 Å². The van der Waals surface area contributed by atoms with Gasteiger partial charge in [-0.05, 0) is 30.5 Å². The first-order chi connectivity index (χ1) is 10.2. The number of fused-ring (bicyclic) bond motifs is 1. The van der Waals surface area contributed by atoms with Crippen molar-refractivity contribution >= 4 is 40.6 Å². The minimum absolute atomic E-state index is 0. The highest BCUT2D eigenvalue weighted by Crippen LogP contribution is 2.29. The lowest BCUT2D eigenvalue weighted by Crippen LogP contribution is -2.12. The van der Waals surface area contributed by atoms with Gasteiger partial charge in [-0.3, -0.25) is 14.9 Å². The van der Waals surface area contributed by atoms with E-state index < -0.39 is 0 Å². The Morgan fingerprint density at radius 2 is 2.00 bits per heavy atom. The highest BCUT2D eigenvalue weighted by atomic mass is 35.5. The van der Waals surface area contributed by atoms with E-state index in [1.54, 1.807) is 12.1 Å². The number of carbonyl (C=O) groups is 2. The third-order valence-electron chi connectivity index (χ3n) is 3.44. The molecule has 1 aliphatic carbocycles. The fraction of sp³-hybridized carbons (Fsp3) is 0.267. The molecule has 0 atom stereocenters. The highest BCUT2D eigenvalue weighted by Gasteiger charge is 2.22. The zero-order valence-corrected chi connectivity index (χ0v) is 13.4. The lowest BCUT2D eigenvalue weighted by molar-refractivity contribution is 0.0975. The second kappa shape index (κ2) is 7.00. The Balaban J connectivity index is 0.00000176. The summed E-state index contributed by atoms with van der Waals surface area (Å²) in [7, 11) is 0. The second-order valence-corrected chi connectivity index (χ2v) is 5.93. The summed E-state index contributed by atoms with van der Waals surface area (Å²) in [6.07, 6.45) is 2.21. The monoisotopic (exact) mass is 337 g/mol. The first kappa shape index (κ1) is 16.6. The van der Waals surface area contributed by atoms with Crippen LogP contribution < -0.4 is 11.1 Å². The van der Waals surface area contributed by atoms with Crippen molar-refractivity contribution < 1.29 is 9.59 Å². The van der Waals surface area contributed by atoms with Crippen molar-refractivity contribution in [2.24, 2.45) is 5.73 Å². The zero-order valence-electron chi connectivity index (χ0n) is 11.8. The smallest absolute Gasteiger partial charge is 0.257 e. The van der Waals surface area contributed by atoms with Crippen LogP contribution in [0.25, 0.3) is 0 Å². The Morgan fingerprint density at radius 1 is 1.27 bits per heavy atom. The van der Waals surface area contributed by atoms with E-state index in [4.69, 9.17) is 5.73 Å². The number of Topliss-reactive ketones (excluding diaryl/α,β-unsaturated/α-hetero) is 1. The molecule has 0 aliphatic heterocycles. The molecule has 22 heavy (non-hydrogen) atoms. The van der Waals surface area contributed by atoms with Gasteiger partial charge < -0.3 is 5.73 Å². The number of halogens is 1. The number of aryl methyl sites for hydroxylation is 1. The Labute approximate surface area is 138 Å². The molecule has 0 spiro atoms. The number of anilines is 1. The lowest BCUT2D eigenvalue weighted by atomic mass is 10.0. The molecule has 1 aromatic carbocycles. The molecule has 0 unspecified atom stereocenters. The zero-order chi connectivity index (χ0) is 14.8. The molecule has 2 aromatic rings. The van der Waals surface area contributed by atoms with Gasteiger partial charge in [-0.15, -0.1) is 12.4 Å². The molecule has 7 heteroatoms. The molecule has 0 fully saturated rings. The van der Waals surface area contributed by atoms with Gasteiger partial charge in [-0.25, -0.2) is 4.98 Å². The van der Waals surface area contributed by atoms with Crippen molar-refractivity contribution in [3.63, 3.8) is 0 Å². The molecular formula is C15H16ClN3O2S. The van der Waals surface area contributed by atoms with Gasteiger partial charge in [0.1, 0.15) is 0 Å². The van der Waals surface area contributed by atoms with Crippen LogP contribution in [0.3, 0.4) is 0 Å². The quantitative estimate of drug-likeness (QED) is 0.901. The van der Waals surface area contributed by atoms with Crippen molar-refractivity contribution in [3.05, 3.63) is 46.0 Å². The predicted molar refractivity (Wildman–Crippen MR) is 88.9 cm³/mol. The summed E-state index contributed by atoms with van der Waals surface area (Å²) in [5, 5.41) is 3.25. The molecule has 0 saturated carbocycles. The number of ketones is 1. The summed E-state index contributed by atoms with van der Waals surface area (Å²) in [4.78, 5) is 29.0. The SMILES string of the molecule is Cl.NCc1ccc(C(=O)Nc2nc3c(s2)C(=O)CCC3)cc1. The van der Waals surface area contributed by atoms with Crippen molar-refractivity contribution in [1.82, 2.24) is 4.98 Å². The summed E-state index contributed by atoms with van der Waals surface area (Å²) in [6, 6.07) is 7.11. The molecule has 0 saturated heterocycles. The maximum absolute atomic E-state index is 12.1. The van der Waals surface area contributed by atoms with Gasteiger partial charge in [0.2, 0.25) is 0 Å². The van der Waals surface area contributed by atoms with Crippen LogP contribution in [0.2, 0.25) is 0 Å². The molecule has 5 nitrogen and oxygen atoms in total. The number of thiazole rings is 1. The lowest BCUT2D eigenvalue weighted by Gasteiger charge is -2.05. The summed E-state index contributed by atoms with van der Waals surface area (Å²) in [5.74, 6) is -0.0985. The highest BCUT2D eigenvalue weighted by molar-refractivity contribution is 7.17. The molecule has 0 radical (unpaired) electrons. The van der Waals surface area contributed by atoms with Crippen LogP contribution in [0.4, 0.5) is 5.13 Å². The standard InChI is InChI=1S/C15H15N3O2S.ClH/c16-8-9-4-6-10(7-5-9)14(20)18-15-17-11-2-1-3-12(19)13(11)21-15;/h4-7H,1-3,8,16H2,(H,17,18,20);1H. The van der Waals surface area contributed by atoms with Crippen LogP contribution in [0.5, 0.6) is 0 Å². The Morgan fingerprint density at radius 3 is 2.64 bits per heavy atom. The van der Waals surface area contributed by atoms with E-state index in [9.17, 15) is 9.59 Å². The molecule has 1 aliphatic rings. The van der Waals surface area contributed by atoms with Crippen LogP contribution in [0.1, 0.15) is 44.1 Å². The van der Waals surface area contributed by atoms with E-state index >= 15 is 0 Å². The summed E-state index contributed by atoms with van der Waals surface area (Å²) in [6.45, 7) is 0.448. The molecular weight excluding hydrogens is 322 g/mol. The number of amides is 1. The fourth-order valence-electron chi connectivity index (χ4n) is 2.28. The van der Waals surface area contributed by atoms with E-state index in [2.05, 4.69) is 10.3 Å². The number of nitrogens with zero attached hydrogens (tertiary/aromatic N) is 1. The van der Waals surface area contributed by atoms with E-state index in [0.717, 1.165) is 24.1 Å². The van der Waals surface area contributed by atoms with Gasteiger partial charge in [-0.1, -0.05) is 23.5 Å². The molecule has 1 amide bonds. The van der Waals surface area contributed by atoms with Gasteiger partial charge in [0.25, 0.3) is 5.91 Å². The van der Waals surface area contributed by atoms with E-state index in [1.807, 2.05) is 12.1 Å². The molecule has 3 rings (SSSR count).